The van der Waals surface area contributed by atoms with Gasteiger partial charge in [-0.25, -0.2) is 0 Å². The molecule has 0 aliphatic heterocycles. The summed E-state index contributed by atoms with van der Waals surface area (Å²) in [7, 11) is 0. The lowest BCUT2D eigenvalue weighted by Crippen LogP contribution is -2.07. The van der Waals surface area contributed by atoms with E-state index in [-0.39, 0.29) is 5.91 Å². The number of carbonyl (C=O) groups excluding carboxylic acids is 1. The monoisotopic (exact) mass is 413 g/mol. The van der Waals surface area contributed by atoms with E-state index in [1.165, 1.54) is 17.4 Å². The van der Waals surface area contributed by atoms with E-state index in [2.05, 4.69) is 15.5 Å². The highest BCUT2D eigenvalue weighted by atomic mass is 35.5. The van der Waals surface area contributed by atoms with Gasteiger partial charge in [0.05, 0.1) is 0 Å². The number of nitrogens with zero attached hydrogens (tertiary/aromatic N) is 2. The van der Waals surface area contributed by atoms with E-state index < -0.39 is 0 Å². The standard InChI is InChI=1S/C21H20ClN3O2S/c22-14-4-7-20-24-25-21(28-20)23-19(26)13-10-16-8-11-18(12-9-16)27-15-17-5-2-1-3-6-17/h1-3,5-6,8-13H,4,7,14-15H2,(H,23,25,26)/b13-10+. The summed E-state index contributed by atoms with van der Waals surface area (Å²) >= 11 is 7.03. The molecule has 2 aromatic carbocycles. The number of halogens is 1. The first-order valence-electron chi connectivity index (χ1n) is 8.87. The summed E-state index contributed by atoms with van der Waals surface area (Å²) in [5, 5.41) is 12.1. The van der Waals surface area contributed by atoms with Crippen LogP contribution in [-0.2, 0) is 17.8 Å². The van der Waals surface area contributed by atoms with Gasteiger partial charge in [-0.3, -0.25) is 10.1 Å². The minimum absolute atomic E-state index is 0.246. The molecule has 0 fully saturated rings. The molecule has 3 rings (SSSR count). The van der Waals surface area contributed by atoms with Crippen molar-refractivity contribution in [3.63, 3.8) is 0 Å². The number of ether oxygens (including phenoxy) is 1. The zero-order valence-electron chi connectivity index (χ0n) is 15.2. The number of nitrogens with one attached hydrogen (secondary N) is 1. The lowest BCUT2D eigenvalue weighted by Gasteiger charge is -2.06. The first-order chi connectivity index (χ1) is 13.7. The van der Waals surface area contributed by atoms with E-state index in [1.807, 2.05) is 54.6 Å². The average Bonchev–Trinajstić information content (AvgIpc) is 3.18. The normalized spacial score (nSPS) is 10.9. The van der Waals surface area contributed by atoms with E-state index in [4.69, 9.17) is 16.3 Å². The van der Waals surface area contributed by atoms with Crippen molar-refractivity contribution in [3.05, 3.63) is 76.8 Å². The van der Waals surface area contributed by atoms with Gasteiger partial charge >= 0.3 is 0 Å². The Bertz CT molecular complexity index is 911. The van der Waals surface area contributed by atoms with Crippen molar-refractivity contribution in [2.24, 2.45) is 0 Å². The molecule has 0 atom stereocenters. The summed E-state index contributed by atoms with van der Waals surface area (Å²) < 4.78 is 5.76. The highest BCUT2D eigenvalue weighted by Gasteiger charge is 2.06. The van der Waals surface area contributed by atoms with Crippen molar-refractivity contribution in [2.45, 2.75) is 19.4 Å². The van der Waals surface area contributed by atoms with Gasteiger partial charge in [-0.2, -0.15) is 0 Å². The molecule has 1 heterocycles. The lowest BCUT2D eigenvalue weighted by atomic mass is 10.2. The molecule has 28 heavy (non-hydrogen) atoms. The Morgan fingerprint density at radius 1 is 1.11 bits per heavy atom. The maximum atomic E-state index is 12.0. The maximum Gasteiger partial charge on any atom is 0.250 e. The number of aryl methyl sites for hydroxylation is 1. The van der Waals surface area contributed by atoms with Crippen LogP contribution in [0.1, 0.15) is 22.6 Å². The Kier molecular flexibility index (Phi) is 7.58. The molecule has 5 nitrogen and oxygen atoms in total. The first-order valence-corrected chi connectivity index (χ1v) is 10.2. The molecule has 1 aromatic heterocycles. The quantitative estimate of drug-likeness (QED) is 0.398. The van der Waals surface area contributed by atoms with Crippen LogP contribution in [0.4, 0.5) is 5.13 Å². The topological polar surface area (TPSA) is 64.1 Å². The van der Waals surface area contributed by atoms with E-state index in [0.29, 0.717) is 17.6 Å². The third-order valence-corrected chi connectivity index (χ3v) is 4.94. The number of alkyl halides is 1. The smallest absolute Gasteiger partial charge is 0.250 e. The van der Waals surface area contributed by atoms with Crippen LogP contribution >= 0.6 is 22.9 Å². The van der Waals surface area contributed by atoms with Crippen LogP contribution in [0, 0.1) is 0 Å². The Balaban J connectivity index is 1.48. The van der Waals surface area contributed by atoms with Gasteiger partial charge in [-0.05, 0) is 35.8 Å². The zero-order chi connectivity index (χ0) is 19.6. The minimum atomic E-state index is -0.246. The Morgan fingerprint density at radius 3 is 2.64 bits per heavy atom. The fourth-order valence-corrected chi connectivity index (χ4v) is 3.28. The average molecular weight is 414 g/mol. The fourth-order valence-electron chi connectivity index (χ4n) is 2.36. The van der Waals surface area contributed by atoms with Crippen molar-refractivity contribution in [1.82, 2.24) is 10.2 Å². The van der Waals surface area contributed by atoms with Gasteiger partial charge in [-0.15, -0.1) is 21.8 Å². The van der Waals surface area contributed by atoms with E-state index in [9.17, 15) is 4.79 Å². The highest BCUT2D eigenvalue weighted by molar-refractivity contribution is 7.15. The molecule has 3 aromatic rings. The summed E-state index contributed by atoms with van der Waals surface area (Å²) in [6.45, 7) is 0.521. The van der Waals surface area contributed by atoms with Crippen molar-refractivity contribution >= 4 is 40.1 Å². The number of hydrogen-bond acceptors (Lipinski definition) is 5. The van der Waals surface area contributed by atoms with Gasteiger partial charge in [-0.1, -0.05) is 53.8 Å². The van der Waals surface area contributed by atoms with Gasteiger partial charge in [0.15, 0.2) is 0 Å². The molecule has 0 spiro atoms. The summed E-state index contributed by atoms with van der Waals surface area (Å²) in [5.74, 6) is 1.12. The molecule has 0 saturated carbocycles. The van der Waals surface area contributed by atoms with Gasteiger partial charge < -0.3 is 4.74 Å². The number of benzene rings is 2. The Morgan fingerprint density at radius 2 is 1.89 bits per heavy atom. The van der Waals surface area contributed by atoms with Crippen LogP contribution < -0.4 is 10.1 Å². The molecule has 0 unspecified atom stereocenters. The maximum absolute atomic E-state index is 12.0. The van der Waals surface area contributed by atoms with E-state index in [1.54, 1.807) is 6.08 Å². The van der Waals surface area contributed by atoms with E-state index >= 15 is 0 Å². The molecular weight excluding hydrogens is 394 g/mol. The molecule has 1 N–H and O–H groups in total. The van der Waals surface area contributed by atoms with Crippen LogP contribution in [0.15, 0.2) is 60.7 Å². The van der Waals surface area contributed by atoms with Crippen molar-refractivity contribution in [2.75, 3.05) is 11.2 Å². The van der Waals surface area contributed by atoms with Crippen molar-refractivity contribution < 1.29 is 9.53 Å². The molecule has 144 valence electrons. The Hall–Kier alpha value is -2.70. The van der Waals surface area contributed by atoms with Gasteiger partial charge in [0.1, 0.15) is 17.4 Å². The van der Waals surface area contributed by atoms with Crippen LogP contribution in [0.3, 0.4) is 0 Å². The molecular formula is C21H20ClN3O2S. The Labute approximate surface area is 173 Å². The number of hydrogen-bond donors (Lipinski definition) is 1. The number of rotatable bonds is 9. The molecule has 0 saturated heterocycles. The summed E-state index contributed by atoms with van der Waals surface area (Å²) in [6, 6.07) is 17.6. The molecule has 1 amide bonds. The SMILES string of the molecule is O=C(/C=C/c1ccc(OCc2ccccc2)cc1)Nc1nnc(CCCCl)s1. The van der Waals surface area contributed by atoms with E-state index in [0.717, 1.165) is 34.7 Å². The summed E-state index contributed by atoms with van der Waals surface area (Å²) in [5.41, 5.74) is 2.02. The highest BCUT2D eigenvalue weighted by Crippen LogP contribution is 2.18. The zero-order valence-corrected chi connectivity index (χ0v) is 16.7. The second kappa shape index (κ2) is 10.6. The van der Waals surface area contributed by atoms with Gasteiger partial charge in [0.25, 0.3) is 0 Å². The first kappa shape index (κ1) is 20.0. The van der Waals surface area contributed by atoms with Crippen molar-refractivity contribution in [3.8, 4) is 5.75 Å². The number of aromatic nitrogens is 2. The predicted molar refractivity (Wildman–Crippen MR) is 114 cm³/mol. The summed E-state index contributed by atoms with van der Waals surface area (Å²) in [4.78, 5) is 12.0. The molecule has 0 aliphatic carbocycles. The predicted octanol–water partition coefficient (Wildman–Crippen LogP) is 4.94. The second-order valence-electron chi connectivity index (χ2n) is 5.96. The molecule has 0 bridgehead atoms. The second-order valence-corrected chi connectivity index (χ2v) is 7.40. The number of amides is 1. The minimum Gasteiger partial charge on any atom is -0.489 e. The summed E-state index contributed by atoms with van der Waals surface area (Å²) in [6.07, 6.45) is 4.83. The molecule has 0 aliphatic rings. The van der Waals surface area contributed by atoms with Crippen LogP contribution in [0.25, 0.3) is 6.08 Å². The van der Waals surface area contributed by atoms with Gasteiger partial charge in [0, 0.05) is 18.4 Å². The largest absolute Gasteiger partial charge is 0.489 e. The fraction of sp³-hybridized carbons (Fsp3) is 0.190. The third kappa shape index (κ3) is 6.48. The van der Waals surface area contributed by atoms with Crippen LogP contribution in [0.5, 0.6) is 5.75 Å². The van der Waals surface area contributed by atoms with Crippen LogP contribution in [0.2, 0.25) is 0 Å². The van der Waals surface area contributed by atoms with Crippen LogP contribution in [-0.4, -0.2) is 22.0 Å². The number of anilines is 1. The van der Waals surface area contributed by atoms with Gasteiger partial charge in [0.2, 0.25) is 11.0 Å². The molecule has 7 heteroatoms. The number of carbonyl (C=O) groups is 1. The molecule has 0 radical (unpaired) electrons. The van der Waals surface area contributed by atoms with Crippen molar-refractivity contribution in [1.29, 1.82) is 0 Å². The third-order valence-electron chi connectivity index (χ3n) is 3.78. The lowest BCUT2D eigenvalue weighted by molar-refractivity contribution is -0.111.